The fourth-order valence-electron chi connectivity index (χ4n) is 2.86. The van der Waals surface area contributed by atoms with Gasteiger partial charge < -0.3 is 5.32 Å². The Hall–Kier alpha value is -2.25. The number of carbonyl (C=O) groups excluding carboxylic acids is 1. The van der Waals surface area contributed by atoms with Gasteiger partial charge in [0.15, 0.2) is 12.4 Å². The summed E-state index contributed by atoms with van der Waals surface area (Å²) < 4.78 is 28.4. The van der Waals surface area contributed by atoms with Gasteiger partial charge in [-0.1, -0.05) is 33.3 Å². The van der Waals surface area contributed by atoms with Gasteiger partial charge in [0.2, 0.25) is 16.6 Å². The second-order valence-corrected chi connectivity index (χ2v) is 8.23. The van der Waals surface area contributed by atoms with E-state index in [1.165, 1.54) is 15.9 Å². The lowest BCUT2D eigenvalue weighted by atomic mass is 10.2. The van der Waals surface area contributed by atoms with E-state index < -0.39 is 10.0 Å². The Morgan fingerprint density at radius 2 is 1.74 bits per heavy atom. The summed E-state index contributed by atoms with van der Waals surface area (Å²) in [4.78, 5) is 12.5. The second kappa shape index (κ2) is 9.62. The molecule has 2 aromatic rings. The second-order valence-electron chi connectivity index (χ2n) is 6.29. The van der Waals surface area contributed by atoms with Crippen LogP contribution in [0.5, 0.6) is 0 Å². The highest BCUT2D eigenvalue weighted by Gasteiger charge is 2.22. The number of anilines is 1. The molecular formula is C20H28N3O3S+. The molecule has 1 amide bonds. The lowest BCUT2D eigenvalue weighted by Crippen LogP contribution is -2.39. The lowest BCUT2D eigenvalue weighted by Gasteiger charge is -2.18. The van der Waals surface area contributed by atoms with E-state index in [1.54, 1.807) is 36.6 Å². The van der Waals surface area contributed by atoms with Crippen molar-refractivity contribution in [2.24, 2.45) is 0 Å². The quantitative estimate of drug-likeness (QED) is 0.669. The highest BCUT2D eigenvalue weighted by Crippen LogP contribution is 2.19. The summed E-state index contributed by atoms with van der Waals surface area (Å²) in [7, 11) is -3.55. The summed E-state index contributed by atoms with van der Waals surface area (Å²) in [5.41, 5.74) is 1.71. The third-order valence-electron chi connectivity index (χ3n) is 4.29. The van der Waals surface area contributed by atoms with Gasteiger partial charge in [-0.15, -0.1) is 0 Å². The fourth-order valence-corrected chi connectivity index (χ4v) is 4.37. The van der Waals surface area contributed by atoms with Crippen molar-refractivity contribution in [1.29, 1.82) is 0 Å². The number of aryl methyl sites for hydroxylation is 1. The van der Waals surface area contributed by atoms with E-state index in [9.17, 15) is 13.2 Å². The van der Waals surface area contributed by atoms with Gasteiger partial charge >= 0.3 is 0 Å². The molecule has 0 radical (unpaired) electrons. The van der Waals surface area contributed by atoms with E-state index in [2.05, 4.69) is 12.2 Å². The fraction of sp³-hybridized carbons (Fsp3) is 0.400. The molecule has 1 aromatic heterocycles. The minimum absolute atomic E-state index is 0.166. The van der Waals surface area contributed by atoms with Crippen molar-refractivity contribution >= 4 is 21.6 Å². The SMILES string of the molecule is CCCc1cc[n+](CC(=O)Nc2cccc(S(=O)(=O)N(CC)CC)c2)cc1. The summed E-state index contributed by atoms with van der Waals surface area (Å²) >= 11 is 0. The third-order valence-corrected chi connectivity index (χ3v) is 6.33. The molecule has 0 saturated heterocycles. The van der Waals surface area contributed by atoms with Crippen molar-refractivity contribution in [3.8, 4) is 0 Å². The van der Waals surface area contributed by atoms with Crippen LogP contribution in [0.15, 0.2) is 53.7 Å². The summed E-state index contributed by atoms with van der Waals surface area (Å²) in [6.45, 7) is 6.70. The normalized spacial score (nSPS) is 11.6. The summed E-state index contributed by atoms with van der Waals surface area (Å²) in [5, 5.41) is 2.77. The minimum Gasteiger partial charge on any atom is -0.321 e. The van der Waals surface area contributed by atoms with E-state index in [0.717, 1.165) is 12.8 Å². The zero-order valence-electron chi connectivity index (χ0n) is 16.2. The lowest BCUT2D eigenvalue weighted by molar-refractivity contribution is -0.684. The number of carbonyl (C=O) groups is 1. The highest BCUT2D eigenvalue weighted by molar-refractivity contribution is 7.89. The molecule has 6 nitrogen and oxygen atoms in total. The molecule has 0 aliphatic carbocycles. The molecular weight excluding hydrogens is 362 g/mol. The van der Waals surface area contributed by atoms with Crippen LogP contribution in [-0.2, 0) is 27.8 Å². The molecule has 1 N–H and O–H groups in total. The van der Waals surface area contributed by atoms with Crippen LogP contribution in [0.4, 0.5) is 5.69 Å². The first-order chi connectivity index (χ1) is 12.9. The maximum absolute atomic E-state index is 12.6. The van der Waals surface area contributed by atoms with E-state index in [0.29, 0.717) is 18.8 Å². The Morgan fingerprint density at radius 1 is 1.07 bits per heavy atom. The molecule has 0 unspecified atom stereocenters. The molecule has 0 aliphatic heterocycles. The van der Waals surface area contributed by atoms with Gasteiger partial charge in [0.05, 0.1) is 4.90 Å². The summed E-state index contributed by atoms with van der Waals surface area (Å²) in [6.07, 6.45) is 5.86. The maximum atomic E-state index is 12.6. The molecule has 27 heavy (non-hydrogen) atoms. The van der Waals surface area contributed by atoms with Crippen LogP contribution < -0.4 is 9.88 Å². The first-order valence-electron chi connectivity index (χ1n) is 9.28. The van der Waals surface area contributed by atoms with E-state index in [-0.39, 0.29) is 17.3 Å². The molecule has 0 saturated carbocycles. The van der Waals surface area contributed by atoms with Crippen molar-refractivity contribution < 1.29 is 17.8 Å². The Bertz CT molecular complexity index is 860. The Kier molecular flexibility index (Phi) is 7.50. The number of nitrogens with zero attached hydrogens (tertiary/aromatic N) is 2. The van der Waals surface area contributed by atoms with Gasteiger partial charge in [-0.3, -0.25) is 4.79 Å². The van der Waals surface area contributed by atoms with Gasteiger partial charge in [-0.05, 0) is 30.2 Å². The number of aromatic nitrogens is 1. The first kappa shape index (κ1) is 21.1. The zero-order valence-corrected chi connectivity index (χ0v) is 17.0. The summed E-state index contributed by atoms with van der Waals surface area (Å²) in [6, 6.07) is 10.4. The average molecular weight is 391 g/mol. The number of rotatable bonds is 9. The molecule has 1 aromatic carbocycles. The van der Waals surface area contributed by atoms with Crippen LogP contribution in [0.3, 0.4) is 0 Å². The van der Waals surface area contributed by atoms with Crippen LogP contribution in [0.2, 0.25) is 0 Å². The van der Waals surface area contributed by atoms with Crippen molar-refractivity contribution in [3.63, 3.8) is 0 Å². The van der Waals surface area contributed by atoms with Crippen LogP contribution in [0.25, 0.3) is 0 Å². The Labute approximate surface area is 161 Å². The van der Waals surface area contributed by atoms with Gasteiger partial charge in [-0.25, -0.2) is 8.42 Å². The Balaban J connectivity index is 2.08. The molecule has 7 heteroatoms. The van der Waals surface area contributed by atoms with Gasteiger partial charge in [-0.2, -0.15) is 8.87 Å². The van der Waals surface area contributed by atoms with Crippen molar-refractivity contribution in [2.75, 3.05) is 18.4 Å². The van der Waals surface area contributed by atoms with E-state index >= 15 is 0 Å². The third kappa shape index (κ3) is 5.61. The standard InChI is InChI=1S/C20H27N3O3S/c1-4-8-17-11-13-22(14-12-17)16-20(24)21-18-9-7-10-19(15-18)27(25,26)23(5-2)6-3/h7,9-15H,4-6,8,16H2,1-3H3/p+1. The average Bonchev–Trinajstić information content (AvgIpc) is 2.64. The molecule has 0 spiro atoms. The van der Waals surface area contributed by atoms with Crippen molar-refractivity contribution in [2.45, 2.75) is 45.1 Å². The number of benzene rings is 1. The van der Waals surface area contributed by atoms with Gasteiger partial charge in [0, 0.05) is 30.9 Å². The van der Waals surface area contributed by atoms with E-state index in [4.69, 9.17) is 0 Å². The first-order valence-corrected chi connectivity index (χ1v) is 10.7. The minimum atomic E-state index is -3.55. The largest absolute Gasteiger partial charge is 0.321 e. The molecule has 0 fully saturated rings. The van der Waals surface area contributed by atoms with Crippen molar-refractivity contribution in [3.05, 3.63) is 54.4 Å². The topological polar surface area (TPSA) is 70.4 Å². The smallest absolute Gasteiger partial charge is 0.290 e. The number of pyridine rings is 1. The highest BCUT2D eigenvalue weighted by atomic mass is 32.2. The van der Waals surface area contributed by atoms with Crippen LogP contribution in [0, 0.1) is 0 Å². The van der Waals surface area contributed by atoms with Gasteiger partial charge in [0.1, 0.15) is 0 Å². The molecule has 1 heterocycles. The van der Waals surface area contributed by atoms with Gasteiger partial charge in [0.25, 0.3) is 5.91 Å². The number of nitrogens with one attached hydrogen (secondary N) is 1. The van der Waals surface area contributed by atoms with Crippen LogP contribution >= 0.6 is 0 Å². The molecule has 2 rings (SSSR count). The number of amides is 1. The van der Waals surface area contributed by atoms with Crippen LogP contribution in [0.1, 0.15) is 32.8 Å². The number of hydrogen-bond acceptors (Lipinski definition) is 3. The number of hydrogen-bond donors (Lipinski definition) is 1. The Morgan fingerprint density at radius 3 is 2.33 bits per heavy atom. The zero-order chi connectivity index (χ0) is 19.9. The molecule has 0 atom stereocenters. The predicted molar refractivity (Wildman–Crippen MR) is 106 cm³/mol. The maximum Gasteiger partial charge on any atom is 0.290 e. The van der Waals surface area contributed by atoms with E-state index in [1.807, 2.05) is 24.5 Å². The monoisotopic (exact) mass is 390 g/mol. The molecule has 0 aliphatic rings. The van der Waals surface area contributed by atoms with Crippen molar-refractivity contribution in [1.82, 2.24) is 4.31 Å². The molecule has 146 valence electrons. The number of sulfonamides is 1. The molecule has 0 bridgehead atoms. The van der Waals surface area contributed by atoms with Crippen LogP contribution in [-0.4, -0.2) is 31.7 Å². The summed E-state index contributed by atoms with van der Waals surface area (Å²) in [5.74, 6) is -0.208. The predicted octanol–water partition coefficient (Wildman–Crippen LogP) is 2.60.